The summed E-state index contributed by atoms with van der Waals surface area (Å²) < 4.78 is 10.6. The second-order valence-electron chi connectivity index (χ2n) is 5.06. The Morgan fingerprint density at radius 3 is 2.39 bits per heavy atom. The number of benzene rings is 2. The van der Waals surface area contributed by atoms with E-state index >= 15 is 0 Å². The molecule has 2 aromatic rings. The molecule has 0 amide bonds. The second-order valence-corrected chi connectivity index (χ2v) is 5.50. The molecule has 1 unspecified atom stereocenters. The molecule has 0 aliphatic heterocycles. The van der Waals surface area contributed by atoms with Crippen molar-refractivity contribution in [1.29, 1.82) is 0 Å². The monoisotopic (exact) mass is 332 g/mol. The van der Waals surface area contributed by atoms with Crippen LogP contribution in [-0.4, -0.2) is 24.5 Å². The highest BCUT2D eigenvalue weighted by Crippen LogP contribution is 2.18. The van der Waals surface area contributed by atoms with Gasteiger partial charge >= 0.3 is 5.97 Å². The number of para-hydroxylation sites is 1. The average Bonchev–Trinajstić information content (AvgIpc) is 2.55. The van der Waals surface area contributed by atoms with Gasteiger partial charge in [-0.2, -0.15) is 0 Å². The summed E-state index contributed by atoms with van der Waals surface area (Å²) in [6, 6.07) is 13.8. The van der Waals surface area contributed by atoms with Crippen LogP contribution in [-0.2, 0) is 9.53 Å². The Kier molecular flexibility index (Phi) is 5.77. The number of hydrogen-bond acceptors (Lipinski definition) is 4. The molecule has 0 N–H and O–H groups in total. The van der Waals surface area contributed by atoms with Crippen LogP contribution >= 0.6 is 11.6 Å². The fourth-order valence-electron chi connectivity index (χ4n) is 1.90. The highest BCUT2D eigenvalue weighted by Gasteiger charge is 2.19. The number of aryl methyl sites for hydroxylation is 1. The molecule has 0 radical (unpaired) electrons. The predicted octanol–water partition coefficient (Wildman–Crippen LogP) is 3.84. The Balaban J connectivity index is 1.87. The maximum atomic E-state index is 11.9. The molecule has 2 aromatic carbocycles. The summed E-state index contributed by atoms with van der Waals surface area (Å²) in [4.78, 5) is 23.9. The Bertz CT molecular complexity index is 694. The summed E-state index contributed by atoms with van der Waals surface area (Å²) in [5, 5.41) is 0.541. The molecule has 120 valence electrons. The fraction of sp³-hybridized carbons (Fsp3) is 0.222. The van der Waals surface area contributed by atoms with Crippen LogP contribution in [0.25, 0.3) is 0 Å². The van der Waals surface area contributed by atoms with E-state index in [-0.39, 0.29) is 12.4 Å². The average molecular weight is 333 g/mol. The predicted molar refractivity (Wildman–Crippen MR) is 88.0 cm³/mol. The summed E-state index contributed by atoms with van der Waals surface area (Å²) in [6.07, 6.45) is -0.797. The van der Waals surface area contributed by atoms with Crippen molar-refractivity contribution in [3.05, 3.63) is 64.7 Å². The van der Waals surface area contributed by atoms with E-state index in [1.807, 2.05) is 25.1 Å². The number of hydrogen-bond donors (Lipinski definition) is 0. The largest absolute Gasteiger partial charge is 0.479 e. The molecule has 0 bridgehead atoms. The molecule has 0 aromatic heterocycles. The van der Waals surface area contributed by atoms with Crippen LogP contribution in [0.3, 0.4) is 0 Å². The Labute approximate surface area is 140 Å². The van der Waals surface area contributed by atoms with Gasteiger partial charge < -0.3 is 9.47 Å². The van der Waals surface area contributed by atoms with Crippen LogP contribution in [0.5, 0.6) is 5.75 Å². The van der Waals surface area contributed by atoms with E-state index < -0.39 is 12.1 Å². The number of carbonyl (C=O) groups excluding carboxylic acids is 2. The number of carbonyl (C=O) groups is 2. The van der Waals surface area contributed by atoms with Gasteiger partial charge in [-0.25, -0.2) is 4.79 Å². The first-order chi connectivity index (χ1) is 11.0. The smallest absolute Gasteiger partial charge is 0.347 e. The van der Waals surface area contributed by atoms with Gasteiger partial charge in [-0.15, -0.1) is 0 Å². The molecule has 2 rings (SSSR count). The van der Waals surface area contributed by atoms with Gasteiger partial charge in [0, 0.05) is 10.6 Å². The maximum Gasteiger partial charge on any atom is 0.347 e. The van der Waals surface area contributed by atoms with Crippen molar-refractivity contribution in [3.63, 3.8) is 0 Å². The molecular weight excluding hydrogens is 316 g/mol. The standard InChI is InChI=1S/C18H17ClO4/c1-12-5-3-4-6-17(12)23-13(2)18(21)22-11-16(20)14-7-9-15(19)10-8-14/h3-10,13H,11H2,1-2H3. The van der Waals surface area contributed by atoms with E-state index in [0.29, 0.717) is 16.3 Å². The third-order valence-electron chi connectivity index (χ3n) is 3.24. The van der Waals surface area contributed by atoms with Crippen molar-refractivity contribution in [3.8, 4) is 5.75 Å². The summed E-state index contributed by atoms with van der Waals surface area (Å²) in [5.41, 5.74) is 1.36. The minimum absolute atomic E-state index is 0.293. The number of ether oxygens (including phenoxy) is 2. The van der Waals surface area contributed by atoms with Crippen LogP contribution < -0.4 is 4.74 Å². The highest BCUT2D eigenvalue weighted by atomic mass is 35.5. The topological polar surface area (TPSA) is 52.6 Å². The van der Waals surface area contributed by atoms with Crippen LogP contribution in [0.1, 0.15) is 22.8 Å². The van der Waals surface area contributed by atoms with E-state index in [1.54, 1.807) is 37.3 Å². The molecule has 4 nitrogen and oxygen atoms in total. The SMILES string of the molecule is Cc1ccccc1OC(C)C(=O)OCC(=O)c1ccc(Cl)cc1. The molecule has 0 saturated heterocycles. The molecule has 0 aliphatic rings. The molecule has 5 heteroatoms. The lowest BCUT2D eigenvalue weighted by atomic mass is 10.1. The summed E-state index contributed by atoms with van der Waals surface area (Å²) in [7, 11) is 0. The first-order valence-electron chi connectivity index (χ1n) is 7.15. The molecule has 0 aliphatic carbocycles. The van der Waals surface area contributed by atoms with Crippen molar-refractivity contribution < 1.29 is 19.1 Å². The molecule has 0 saturated carbocycles. The van der Waals surface area contributed by atoms with E-state index in [4.69, 9.17) is 21.1 Å². The first-order valence-corrected chi connectivity index (χ1v) is 7.53. The van der Waals surface area contributed by atoms with E-state index in [1.165, 1.54) is 0 Å². The van der Waals surface area contributed by atoms with E-state index in [2.05, 4.69) is 0 Å². The zero-order valence-electron chi connectivity index (χ0n) is 12.9. The molecule has 23 heavy (non-hydrogen) atoms. The number of Topliss-reactive ketones (excluding diaryl/α,β-unsaturated/α-hetero) is 1. The van der Waals surface area contributed by atoms with Crippen molar-refractivity contribution >= 4 is 23.4 Å². The summed E-state index contributed by atoms with van der Waals surface area (Å²) >= 11 is 5.76. The van der Waals surface area contributed by atoms with Crippen LogP contribution in [0.2, 0.25) is 5.02 Å². The Morgan fingerprint density at radius 2 is 1.74 bits per heavy atom. The first kappa shape index (κ1) is 17.0. The molecule has 0 heterocycles. The van der Waals surface area contributed by atoms with Crippen LogP contribution in [0.4, 0.5) is 0 Å². The number of esters is 1. The lowest BCUT2D eigenvalue weighted by molar-refractivity contribution is -0.149. The van der Waals surface area contributed by atoms with E-state index in [9.17, 15) is 9.59 Å². The number of rotatable bonds is 6. The minimum atomic E-state index is -0.797. The number of halogens is 1. The van der Waals surface area contributed by atoms with Gasteiger partial charge in [0.25, 0.3) is 0 Å². The maximum absolute atomic E-state index is 11.9. The van der Waals surface area contributed by atoms with Crippen LogP contribution in [0.15, 0.2) is 48.5 Å². The Hall–Kier alpha value is -2.33. The minimum Gasteiger partial charge on any atom is -0.479 e. The zero-order valence-corrected chi connectivity index (χ0v) is 13.7. The highest BCUT2D eigenvalue weighted by molar-refractivity contribution is 6.30. The molecule has 0 spiro atoms. The van der Waals surface area contributed by atoms with Gasteiger partial charge in [0.15, 0.2) is 18.5 Å². The molecule has 0 fully saturated rings. The normalized spacial score (nSPS) is 11.6. The summed E-state index contributed by atoms with van der Waals surface area (Å²) in [5.74, 6) is -0.269. The molecule has 1 atom stereocenters. The molecular formula is C18H17ClO4. The van der Waals surface area contributed by atoms with Gasteiger partial charge in [0.1, 0.15) is 5.75 Å². The second kappa shape index (κ2) is 7.79. The quantitative estimate of drug-likeness (QED) is 0.595. The van der Waals surface area contributed by atoms with Crippen molar-refractivity contribution in [1.82, 2.24) is 0 Å². The van der Waals surface area contributed by atoms with Gasteiger partial charge in [-0.3, -0.25) is 4.79 Å². The van der Waals surface area contributed by atoms with Crippen LogP contribution in [0, 0.1) is 6.92 Å². The van der Waals surface area contributed by atoms with Gasteiger partial charge in [-0.1, -0.05) is 29.8 Å². The van der Waals surface area contributed by atoms with E-state index in [0.717, 1.165) is 5.56 Å². The third-order valence-corrected chi connectivity index (χ3v) is 3.49. The zero-order chi connectivity index (χ0) is 16.8. The lowest BCUT2D eigenvalue weighted by Gasteiger charge is -2.15. The van der Waals surface area contributed by atoms with Crippen molar-refractivity contribution in [2.75, 3.05) is 6.61 Å². The Morgan fingerprint density at radius 1 is 1.09 bits per heavy atom. The number of ketones is 1. The van der Waals surface area contributed by atoms with Gasteiger partial charge in [-0.05, 0) is 49.7 Å². The summed E-state index contributed by atoms with van der Waals surface area (Å²) in [6.45, 7) is 3.14. The van der Waals surface area contributed by atoms with Gasteiger partial charge in [0.2, 0.25) is 0 Å². The fourth-order valence-corrected chi connectivity index (χ4v) is 2.03. The lowest BCUT2D eigenvalue weighted by Crippen LogP contribution is -2.28. The van der Waals surface area contributed by atoms with Crippen molar-refractivity contribution in [2.45, 2.75) is 20.0 Å². The van der Waals surface area contributed by atoms with Crippen molar-refractivity contribution in [2.24, 2.45) is 0 Å². The van der Waals surface area contributed by atoms with Gasteiger partial charge in [0.05, 0.1) is 0 Å². The third kappa shape index (κ3) is 4.83.